The second-order valence-electron chi connectivity index (χ2n) is 4.12. The van der Waals surface area contributed by atoms with Crippen LogP contribution in [0.15, 0.2) is 36.4 Å². The Morgan fingerprint density at radius 3 is 2.25 bits per heavy atom. The lowest BCUT2D eigenvalue weighted by molar-refractivity contribution is 0.392. The zero-order chi connectivity index (χ0) is 14.7. The minimum atomic E-state index is -0.270. The predicted octanol–water partition coefficient (Wildman–Crippen LogP) is 4.98. The standard InChI is InChI=1S/C15H13BrClFO2/c1-19-12-8-7-11(15(20-2)14(12)17)13(16)9-3-5-10(18)6-4-9/h3-8,13H,1-2H3. The molecule has 0 radical (unpaired) electrons. The zero-order valence-corrected chi connectivity index (χ0v) is 13.3. The van der Waals surface area contributed by atoms with Gasteiger partial charge in [0.25, 0.3) is 0 Å². The van der Waals surface area contributed by atoms with E-state index in [1.54, 1.807) is 32.4 Å². The van der Waals surface area contributed by atoms with Gasteiger partial charge in [-0.15, -0.1) is 0 Å². The van der Waals surface area contributed by atoms with Gasteiger partial charge in [0.05, 0.1) is 19.0 Å². The second-order valence-corrected chi connectivity index (χ2v) is 5.41. The highest BCUT2D eigenvalue weighted by molar-refractivity contribution is 9.09. The fourth-order valence-electron chi connectivity index (χ4n) is 1.93. The first-order valence-electron chi connectivity index (χ1n) is 5.88. The lowest BCUT2D eigenvalue weighted by Crippen LogP contribution is -1.99. The number of alkyl halides is 1. The van der Waals surface area contributed by atoms with Crippen LogP contribution in [0.3, 0.4) is 0 Å². The molecule has 0 aliphatic carbocycles. The number of methoxy groups -OCH3 is 2. The highest BCUT2D eigenvalue weighted by Gasteiger charge is 2.20. The third-order valence-corrected chi connectivity index (χ3v) is 4.33. The van der Waals surface area contributed by atoms with Gasteiger partial charge in [-0.05, 0) is 23.8 Å². The van der Waals surface area contributed by atoms with Crippen molar-refractivity contribution in [2.75, 3.05) is 14.2 Å². The zero-order valence-electron chi connectivity index (χ0n) is 11.0. The van der Waals surface area contributed by atoms with E-state index in [0.29, 0.717) is 16.5 Å². The maximum Gasteiger partial charge on any atom is 0.145 e. The van der Waals surface area contributed by atoms with E-state index in [-0.39, 0.29) is 10.6 Å². The van der Waals surface area contributed by atoms with Crippen molar-refractivity contribution in [2.45, 2.75) is 4.83 Å². The van der Waals surface area contributed by atoms with Crippen molar-refractivity contribution >= 4 is 27.5 Å². The molecule has 0 aromatic heterocycles. The van der Waals surface area contributed by atoms with Crippen LogP contribution in [0.1, 0.15) is 16.0 Å². The average Bonchev–Trinajstić information content (AvgIpc) is 2.47. The van der Waals surface area contributed by atoms with Crippen molar-refractivity contribution in [1.82, 2.24) is 0 Å². The smallest absolute Gasteiger partial charge is 0.145 e. The molecule has 0 N–H and O–H groups in total. The van der Waals surface area contributed by atoms with E-state index in [1.165, 1.54) is 12.1 Å². The van der Waals surface area contributed by atoms with Crippen LogP contribution >= 0.6 is 27.5 Å². The van der Waals surface area contributed by atoms with Crippen molar-refractivity contribution in [2.24, 2.45) is 0 Å². The summed E-state index contributed by atoms with van der Waals surface area (Å²) in [5.74, 6) is 0.816. The normalized spacial score (nSPS) is 12.1. The third kappa shape index (κ3) is 2.91. The van der Waals surface area contributed by atoms with Gasteiger partial charge < -0.3 is 9.47 Å². The SMILES string of the molecule is COc1ccc(C(Br)c2ccc(F)cc2)c(OC)c1Cl. The summed E-state index contributed by atoms with van der Waals surface area (Å²) >= 11 is 9.83. The van der Waals surface area contributed by atoms with Crippen LogP contribution in [0.4, 0.5) is 4.39 Å². The van der Waals surface area contributed by atoms with Crippen molar-refractivity contribution in [3.63, 3.8) is 0 Å². The first-order chi connectivity index (χ1) is 9.58. The van der Waals surface area contributed by atoms with E-state index >= 15 is 0 Å². The third-order valence-electron chi connectivity index (χ3n) is 2.95. The Morgan fingerprint density at radius 2 is 1.70 bits per heavy atom. The Morgan fingerprint density at radius 1 is 1.05 bits per heavy atom. The van der Waals surface area contributed by atoms with Gasteiger partial charge in [0.2, 0.25) is 0 Å². The summed E-state index contributed by atoms with van der Waals surface area (Å²) in [6, 6.07) is 9.91. The molecule has 1 atom stereocenters. The predicted molar refractivity (Wildman–Crippen MR) is 81.7 cm³/mol. The average molecular weight is 360 g/mol. The summed E-state index contributed by atoms with van der Waals surface area (Å²) in [5, 5.41) is 0.416. The van der Waals surface area contributed by atoms with Crippen LogP contribution in [-0.2, 0) is 0 Å². The molecule has 0 bridgehead atoms. The van der Waals surface area contributed by atoms with E-state index in [9.17, 15) is 4.39 Å². The van der Waals surface area contributed by atoms with E-state index in [2.05, 4.69) is 15.9 Å². The molecule has 1 unspecified atom stereocenters. The molecule has 0 aliphatic rings. The number of benzene rings is 2. The topological polar surface area (TPSA) is 18.5 Å². The van der Waals surface area contributed by atoms with Gasteiger partial charge in [0, 0.05) is 5.56 Å². The fraction of sp³-hybridized carbons (Fsp3) is 0.200. The molecule has 2 aromatic rings. The minimum Gasteiger partial charge on any atom is -0.495 e. The summed E-state index contributed by atoms with van der Waals surface area (Å²) in [7, 11) is 3.10. The van der Waals surface area contributed by atoms with Gasteiger partial charge in [-0.3, -0.25) is 0 Å². The summed E-state index contributed by atoms with van der Waals surface area (Å²) < 4.78 is 23.5. The van der Waals surface area contributed by atoms with E-state index in [0.717, 1.165) is 11.1 Å². The highest BCUT2D eigenvalue weighted by Crippen LogP contribution is 2.43. The van der Waals surface area contributed by atoms with Gasteiger partial charge in [-0.2, -0.15) is 0 Å². The van der Waals surface area contributed by atoms with E-state index in [4.69, 9.17) is 21.1 Å². The second kappa shape index (κ2) is 6.46. The van der Waals surface area contributed by atoms with Gasteiger partial charge >= 0.3 is 0 Å². The molecule has 0 heterocycles. The summed E-state index contributed by atoms with van der Waals surface area (Å²) in [4.78, 5) is -0.151. The molecule has 20 heavy (non-hydrogen) atoms. The maximum atomic E-state index is 13.0. The van der Waals surface area contributed by atoms with Gasteiger partial charge in [-0.25, -0.2) is 4.39 Å². The fourth-order valence-corrected chi connectivity index (χ4v) is 2.92. The molecule has 2 rings (SSSR count). The van der Waals surface area contributed by atoms with Crippen LogP contribution in [0.25, 0.3) is 0 Å². The van der Waals surface area contributed by atoms with Gasteiger partial charge in [-0.1, -0.05) is 45.7 Å². The van der Waals surface area contributed by atoms with Crippen molar-refractivity contribution in [1.29, 1.82) is 0 Å². The van der Waals surface area contributed by atoms with Gasteiger partial charge in [0.15, 0.2) is 0 Å². The molecule has 0 saturated carbocycles. The van der Waals surface area contributed by atoms with Crippen LogP contribution in [0.5, 0.6) is 11.5 Å². The van der Waals surface area contributed by atoms with Crippen LogP contribution in [0.2, 0.25) is 5.02 Å². The van der Waals surface area contributed by atoms with Gasteiger partial charge in [0.1, 0.15) is 22.3 Å². The van der Waals surface area contributed by atoms with Crippen LogP contribution in [0, 0.1) is 5.82 Å². The Kier molecular flexibility index (Phi) is 4.89. The van der Waals surface area contributed by atoms with E-state index < -0.39 is 0 Å². The molecular formula is C15H13BrClFO2. The lowest BCUT2D eigenvalue weighted by Gasteiger charge is -2.17. The Bertz CT molecular complexity index is 602. The molecule has 0 aliphatic heterocycles. The molecule has 5 heteroatoms. The summed E-state index contributed by atoms with van der Waals surface area (Å²) in [6.45, 7) is 0. The molecule has 2 nitrogen and oxygen atoms in total. The molecular weight excluding hydrogens is 347 g/mol. The summed E-state index contributed by atoms with van der Waals surface area (Å²) in [6.07, 6.45) is 0. The molecule has 0 amide bonds. The molecule has 0 saturated heterocycles. The lowest BCUT2D eigenvalue weighted by atomic mass is 10.0. The Balaban J connectivity index is 2.46. The molecule has 0 spiro atoms. The Labute approximate surface area is 130 Å². The summed E-state index contributed by atoms with van der Waals surface area (Å²) in [5.41, 5.74) is 1.76. The number of rotatable bonds is 4. The first-order valence-corrected chi connectivity index (χ1v) is 7.17. The first kappa shape index (κ1) is 15.1. The van der Waals surface area contributed by atoms with Crippen LogP contribution in [-0.4, -0.2) is 14.2 Å². The van der Waals surface area contributed by atoms with Crippen molar-refractivity contribution < 1.29 is 13.9 Å². The quantitative estimate of drug-likeness (QED) is 0.717. The largest absolute Gasteiger partial charge is 0.495 e. The number of ether oxygens (including phenoxy) is 2. The monoisotopic (exact) mass is 358 g/mol. The maximum absolute atomic E-state index is 13.0. The number of halogens is 3. The van der Waals surface area contributed by atoms with Crippen LogP contribution < -0.4 is 9.47 Å². The van der Waals surface area contributed by atoms with Crippen molar-refractivity contribution in [3.05, 3.63) is 58.4 Å². The number of hydrogen-bond donors (Lipinski definition) is 0. The number of hydrogen-bond acceptors (Lipinski definition) is 2. The van der Waals surface area contributed by atoms with E-state index in [1.807, 2.05) is 6.07 Å². The van der Waals surface area contributed by atoms with Crippen molar-refractivity contribution in [3.8, 4) is 11.5 Å². The molecule has 106 valence electrons. The highest BCUT2D eigenvalue weighted by atomic mass is 79.9. The minimum absolute atomic E-state index is 0.151. The molecule has 0 fully saturated rings. The molecule has 2 aromatic carbocycles. The Hall–Kier alpha value is -1.26.